The Morgan fingerprint density at radius 3 is 2.71 bits per heavy atom. The van der Waals surface area contributed by atoms with Gasteiger partial charge in [0.2, 0.25) is 0 Å². The van der Waals surface area contributed by atoms with Crippen molar-refractivity contribution in [3.8, 4) is 0 Å². The lowest BCUT2D eigenvalue weighted by atomic mass is 10.00. The Hall–Kier alpha value is -1.21. The molecule has 0 fully saturated rings. The molecule has 0 saturated heterocycles. The number of thiol groups is 1. The fourth-order valence-electron chi connectivity index (χ4n) is 1.90. The average Bonchev–Trinajstić information content (AvgIpc) is 2.44. The highest BCUT2D eigenvalue weighted by Crippen LogP contribution is 2.23. The maximum Gasteiger partial charge on any atom is 0.0466 e. The van der Waals surface area contributed by atoms with Crippen molar-refractivity contribution in [2.45, 2.75) is 25.0 Å². The van der Waals surface area contributed by atoms with Crippen molar-refractivity contribution in [2.75, 3.05) is 0 Å². The monoisotopic (exact) mass is 242 g/mol. The maximum atomic E-state index is 4.57. The van der Waals surface area contributed by atoms with Crippen molar-refractivity contribution >= 4 is 12.6 Å². The van der Waals surface area contributed by atoms with Crippen molar-refractivity contribution in [2.24, 2.45) is 0 Å². The van der Waals surface area contributed by atoms with Crippen molar-refractivity contribution in [1.82, 2.24) is 0 Å². The molecule has 1 aromatic rings. The second-order valence-electron chi connectivity index (χ2n) is 4.76. The first kappa shape index (κ1) is 12.3. The van der Waals surface area contributed by atoms with Crippen LogP contribution in [-0.2, 0) is 6.42 Å². The Labute approximate surface area is 109 Å². The third kappa shape index (κ3) is 3.37. The van der Waals surface area contributed by atoms with Crippen LogP contribution in [-0.4, -0.2) is 4.75 Å². The lowest BCUT2D eigenvalue weighted by Gasteiger charge is -2.11. The molecule has 1 aliphatic carbocycles. The van der Waals surface area contributed by atoms with E-state index in [-0.39, 0.29) is 4.75 Å². The molecule has 0 heterocycles. The van der Waals surface area contributed by atoms with Crippen LogP contribution in [0.25, 0.3) is 0 Å². The van der Waals surface area contributed by atoms with Crippen LogP contribution in [0.1, 0.15) is 18.1 Å². The van der Waals surface area contributed by atoms with Gasteiger partial charge in [-0.25, -0.2) is 0 Å². The predicted octanol–water partition coefficient (Wildman–Crippen LogP) is 4.28. The topological polar surface area (TPSA) is 0 Å². The lowest BCUT2D eigenvalue weighted by Crippen LogP contribution is -2.06. The Balaban J connectivity index is 2.19. The molecule has 0 N–H and O–H groups in total. The average molecular weight is 242 g/mol. The van der Waals surface area contributed by atoms with E-state index in [1.165, 1.54) is 16.7 Å². The minimum absolute atomic E-state index is 0.135. The molecule has 88 valence electrons. The SMILES string of the molecule is Cc1ccccc1CC1=CC=CC(C)(S)C=C1. The van der Waals surface area contributed by atoms with Gasteiger partial charge in [-0.15, -0.1) is 0 Å². The summed E-state index contributed by atoms with van der Waals surface area (Å²) < 4.78 is -0.135. The van der Waals surface area contributed by atoms with Crippen LogP contribution in [0.5, 0.6) is 0 Å². The highest BCUT2D eigenvalue weighted by Gasteiger charge is 2.11. The summed E-state index contributed by atoms with van der Waals surface area (Å²) in [7, 11) is 0. The van der Waals surface area contributed by atoms with Crippen LogP contribution in [0, 0.1) is 6.92 Å². The first-order chi connectivity index (χ1) is 8.07. The first-order valence-corrected chi connectivity index (χ1v) is 6.36. The summed E-state index contributed by atoms with van der Waals surface area (Å²) in [4.78, 5) is 0. The van der Waals surface area contributed by atoms with Gasteiger partial charge in [-0.05, 0) is 37.0 Å². The van der Waals surface area contributed by atoms with E-state index in [1.54, 1.807) is 0 Å². The number of benzene rings is 1. The Kier molecular flexibility index (Phi) is 3.58. The van der Waals surface area contributed by atoms with Gasteiger partial charge in [0.1, 0.15) is 0 Å². The second kappa shape index (κ2) is 4.97. The standard InChI is InChI=1S/C16H18S/c1-13-6-3-4-8-15(13)12-14-7-5-10-16(2,17)11-9-14/h3-11,17H,12H2,1-2H3. The van der Waals surface area contributed by atoms with Crippen molar-refractivity contribution in [1.29, 1.82) is 0 Å². The Morgan fingerprint density at radius 1 is 1.18 bits per heavy atom. The summed E-state index contributed by atoms with van der Waals surface area (Å²) in [5, 5.41) is 0. The van der Waals surface area contributed by atoms with Crippen LogP contribution in [0.4, 0.5) is 0 Å². The molecular formula is C16H18S. The van der Waals surface area contributed by atoms with E-state index in [1.807, 2.05) is 0 Å². The number of hydrogen-bond donors (Lipinski definition) is 1. The van der Waals surface area contributed by atoms with Gasteiger partial charge in [-0.1, -0.05) is 54.6 Å². The molecule has 17 heavy (non-hydrogen) atoms. The molecule has 0 aromatic heterocycles. The smallest absolute Gasteiger partial charge is 0.0466 e. The predicted molar refractivity (Wildman–Crippen MR) is 78.6 cm³/mol. The minimum atomic E-state index is -0.135. The van der Waals surface area contributed by atoms with Gasteiger partial charge in [0.25, 0.3) is 0 Å². The van der Waals surface area contributed by atoms with Gasteiger partial charge in [0.05, 0.1) is 0 Å². The molecule has 0 aliphatic heterocycles. The zero-order valence-corrected chi connectivity index (χ0v) is 11.2. The molecule has 0 radical (unpaired) electrons. The van der Waals surface area contributed by atoms with E-state index in [4.69, 9.17) is 0 Å². The molecule has 0 nitrogen and oxygen atoms in total. The van der Waals surface area contributed by atoms with Crippen LogP contribution in [0.15, 0.2) is 60.2 Å². The van der Waals surface area contributed by atoms with E-state index >= 15 is 0 Å². The molecule has 0 spiro atoms. The van der Waals surface area contributed by atoms with Crippen LogP contribution < -0.4 is 0 Å². The molecule has 1 aromatic carbocycles. The number of hydrogen-bond acceptors (Lipinski definition) is 1. The van der Waals surface area contributed by atoms with E-state index < -0.39 is 0 Å². The fraction of sp³-hybridized carbons (Fsp3) is 0.250. The van der Waals surface area contributed by atoms with Gasteiger partial charge in [-0.2, -0.15) is 12.6 Å². The highest BCUT2D eigenvalue weighted by atomic mass is 32.1. The van der Waals surface area contributed by atoms with E-state index in [9.17, 15) is 0 Å². The normalized spacial score (nSPS) is 23.4. The number of allylic oxidation sites excluding steroid dienone is 4. The zero-order chi connectivity index (χ0) is 12.3. The van der Waals surface area contributed by atoms with Crippen LogP contribution >= 0.6 is 12.6 Å². The summed E-state index contributed by atoms with van der Waals surface area (Å²) in [5.41, 5.74) is 4.07. The van der Waals surface area contributed by atoms with E-state index in [2.05, 4.69) is 81.1 Å². The Bertz CT molecular complexity index is 490. The molecule has 2 rings (SSSR count). The van der Waals surface area contributed by atoms with E-state index in [0.717, 1.165) is 6.42 Å². The summed E-state index contributed by atoms with van der Waals surface area (Å²) in [6.07, 6.45) is 11.7. The fourth-order valence-corrected chi connectivity index (χ4v) is 2.06. The van der Waals surface area contributed by atoms with Gasteiger partial charge in [0.15, 0.2) is 0 Å². The highest BCUT2D eigenvalue weighted by molar-refractivity contribution is 7.82. The first-order valence-electron chi connectivity index (χ1n) is 5.91. The third-order valence-corrected chi connectivity index (χ3v) is 3.33. The van der Waals surface area contributed by atoms with Crippen LogP contribution in [0.3, 0.4) is 0 Å². The van der Waals surface area contributed by atoms with Crippen LogP contribution in [0.2, 0.25) is 0 Å². The molecule has 1 aliphatic rings. The van der Waals surface area contributed by atoms with E-state index in [0.29, 0.717) is 0 Å². The van der Waals surface area contributed by atoms with Gasteiger partial charge < -0.3 is 0 Å². The molecule has 0 amide bonds. The quantitative estimate of drug-likeness (QED) is 0.735. The minimum Gasteiger partial charge on any atom is -0.164 e. The second-order valence-corrected chi connectivity index (χ2v) is 5.73. The molecule has 1 heteroatoms. The zero-order valence-electron chi connectivity index (χ0n) is 10.4. The summed E-state index contributed by atoms with van der Waals surface area (Å²) in [5.74, 6) is 0. The van der Waals surface area contributed by atoms with Gasteiger partial charge >= 0.3 is 0 Å². The maximum absolute atomic E-state index is 4.57. The lowest BCUT2D eigenvalue weighted by molar-refractivity contribution is 1.02. The van der Waals surface area contributed by atoms with Crippen molar-refractivity contribution < 1.29 is 0 Å². The summed E-state index contributed by atoms with van der Waals surface area (Å²) in [6.45, 7) is 4.25. The third-order valence-electron chi connectivity index (χ3n) is 3.03. The van der Waals surface area contributed by atoms with Crippen molar-refractivity contribution in [3.63, 3.8) is 0 Å². The molecule has 0 bridgehead atoms. The molecular weight excluding hydrogens is 224 g/mol. The Morgan fingerprint density at radius 2 is 1.94 bits per heavy atom. The summed E-state index contributed by atoms with van der Waals surface area (Å²) in [6, 6.07) is 8.54. The molecule has 1 unspecified atom stereocenters. The van der Waals surface area contributed by atoms with Crippen molar-refractivity contribution in [3.05, 3.63) is 71.3 Å². The number of aryl methyl sites for hydroxylation is 1. The largest absolute Gasteiger partial charge is 0.164 e. The summed E-state index contributed by atoms with van der Waals surface area (Å²) >= 11 is 4.57. The molecule has 1 atom stereocenters. The van der Waals surface area contributed by atoms with Gasteiger partial charge in [0, 0.05) is 4.75 Å². The molecule has 0 saturated carbocycles. The van der Waals surface area contributed by atoms with Gasteiger partial charge in [-0.3, -0.25) is 0 Å². The number of rotatable bonds is 2.